The molecule has 23 heavy (non-hydrogen) atoms. The van der Waals surface area contributed by atoms with E-state index in [2.05, 4.69) is 63.6 Å². The van der Waals surface area contributed by atoms with E-state index in [0.29, 0.717) is 0 Å². The van der Waals surface area contributed by atoms with Gasteiger partial charge in [0, 0.05) is 21.1 Å². The molecule has 0 bridgehead atoms. The van der Waals surface area contributed by atoms with Crippen LogP contribution in [0.3, 0.4) is 0 Å². The van der Waals surface area contributed by atoms with Crippen LogP contribution in [0.5, 0.6) is 0 Å². The summed E-state index contributed by atoms with van der Waals surface area (Å²) in [5.74, 6) is 0. The first-order chi connectivity index (χ1) is 11.0. The Morgan fingerprint density at radius 2 is 0.913 bits per heavy atom. The average Bonchev–Trinajstić information content (AvgIpc) is 3.07. The van der Waals surface area contributed by atoms with Crippen molar-refractivity contribution >= 4 is 27.2 Å². The van der Waals surface area contributed by atoms with E-state index in [1.807, 2.05) is 0 Å². The molecule has 0 unspecified atom stereocenters. The summed E-state index contributed by atoms with van der Waals surface area (Å²) in [7, 11) is 0. The van der Waals surface area contributed by atoms with Crippen LogP contribution in [0.1, 0.15) is 38.5 Å². The van der Waals surface area contributed by atoms with E-state index in [1.165, 1.54) is 38.5 Å². The second-order valence-corrected chi connectivity index (χ2v) is 4.02. The fraction of sp³-hybridized carbons (Fsp3) is 0.333. The van der Waals surface area contributed by atoms with E-state index < -0.39 is 0 Å². The van der Waals surface area contributed by atoms with Gasteiger partial charge in [-0.3, -0.25) is 19.2 Å². The van der Waals surface area contributed by atoms with Crippen LogP contribution in [-0.2, 0) is 40.2 Å². The van der Waals surface area contributed by atoms with Gasteiger partial charge in [0.25, 0.3) is 27.2 Å². The van der Waals surface area contributed by atoms with Gasteiger partial charge in [0.05, 0.1) is 0 Å². The summed E-state index contributed by atoms with van der Waals surface area (Å²) >= 11 is 0. The average molecular weight is 394 g/mol. The summed E-state index contributed by atoms with van der Waals surface area (Å²) in [6, 6.07) is 0. The van der Waals surface area contributed by atoms with Gasteiger partial charge in [-0.25, -0.2) is 0 Å². The zero-order valence-electron chi connectivity index (χ0n) is 12.7. The molecule has 5 heteroatoms. The van der Waals surface area contributed by atoms with Crippen molar-refractivity contribution in [3.8, 4) is 0 Å². The van der Waals surface area contributed by atoms with Crippen molar-refractivity contribution in [2.45, 2.75) is 38.5 Å². The molecule has 2 rings (SSSR count). The Bertz CT molecular complexity index is 333. The van der Waals surface area contributed by atoms with Crippen LogP contribution in [0.4, 0.5) is 0 Å². The van der Waals surface area contributed by atoms with Crippen LogP contribution >= 0.6 is 0 Å². The molecule has 8 radical (unpaired) electrons. The molecule has 0 N–H and O–H groups in total. The SMILES string of the molecule is C1=CCCCC(C2=CC=CCCC2)=C1.[C]=O.[C]=O.[C]=O.[C]=O.[Mo]. The monoisotopic (exact) mass is 396 g/mol. The fourth-order valence-electron chi connectivity index (χ4n) is 2.08. The Morgan fingerprint density at radius 1 is 0.609 bits per heavy atom. The molecule has 4 nitrogen and oxygen atoms in total. The van der Waals surface area contributed by atoms with E-state index in [1.54, 1.807) is 11.1 Å². The first kappa shape index (κ1) is 29.4. The summed E-state index contributed by atoms with van der Waals surface area (Å²) in [4.78, 5) is 30.0. The fourth-order valence-corrected chi connectivity index (χ4v) is 2.08. The molecular formula is C18H18MoO4. The number of rotatable bonds is 1. The van der Waals surface area contributed by atoms with E-state index in [4.69, 9.17) is 19.2 Å². The quantitative estimate of drug-likeness (QED) is 0.642. The zero-order chi connectivity index (χ0) is 17.6. The summed E-state index contributed by atoms with van der Waals surface area (Å²) < 4.78 is 0. The molecule has 0 saturated carbocycles. The van der Waals surface area contributed by atoms with E-state index in [0.717, 1.165) is 0 Å². The number of allylic oxidation sites excluding steroid dienone is 8. The smallest absolute Gasteiger partial charge is 0.281 e. The summed E-state index contributed by atoms with van der Waals surface area (Å²) in [6.07, 6.45) is 21.2. The maximum Gasteiger partial charge on any atom is 0.281 e. The predicted molar refractivity (Wildman–Crippen MR) is 84.9 cm³/mol. The van der Waals surface area contributed by atoms with Crippen LogP contribution in [0, 0.1) is 0 Å². The van der Waals surface area contributed by atoms with Crippen molar-refractivity contribution in [2.75, 3.05) is 0 Å². The first-order valence-electron chi connectivity index (χ1n) is 6.50. The molecule has 0 saturated heterocycles. The molecule has 0 amide bonds. The second-order valence-electron chi connectivity index (χ2n) is 4.02. The number of carbonyl (C=O) groups excluding carboxylic acids is 4. The van der Waals surface area contributed by atoms with Crippen molar-refractivity contribution in [1.82, 2.24) is 0 Å². The maximum absolute atomic E-state index is 7.50. The van der Waals surface area contributed by atoms with Gasteiger partial charge in [0.2, 0.25) is 0 Å². The van der Waals surface area contributed by atoms with E-state index >= 15 is 0 Å². The number of hydrogen-bond donors (Lipinski definition) is 0. The molecule has 0 spiro atoms. The Kier molecular flexibility index (Phi) is 36.4. The molecular weight excluding hydrogens is 376 g/mol. The first-order valence-corrected chi connectivity index (χ1v) is 6.50. The molecule has 2 aliphatic rings. The largest absolute Gasteiger partial charge is 0.281 e. The molecule has 0 aliphatic heterocycles. The van der Waals surface area contributed by atoms with Gasteiger partial charge in [-0.1, -0.05) is 36.5 Å². The Morgan fingerprint density at radius 3 is 1.22 bits per heavy atom. The van der Waals surface area contributed by atoms with Gasteiger partial charge in [-0.15, -0.1) is 0 Å². The molecule has 0 fully saturated rings. The van der Waals surface area contributed by atoms with Gasteiger partial charge < -0.3 is 0 Å². The van der Waals surface area contributed by atoms with E-state index in [9.17, 15) is 0 Å². The molecule has 2 aliphatic carbocycles. The van der Waals surface area contributed by atoms with Crippen LogP contribution < -0.4 is 0 Å². The minimum Gasteiger partial charge on any atom is -0.281 e. The van der Waals surface area contributed by atoms with Crippen molar-refractivity contribution in [2.24, 2.45) is 0 Å². The molecule has 120 valence electrons. The summed E-state index contributed by atoms with van der Waals surface area (Å²) in [5.41, 5.74) is 3.12. The van der Waals surface area contributed by atoms with Gasteiger partial charge >= 0.3 is 0 Å². The summed E-state index contributed by atoms with van der Waals surface area (Å²) in [5, 5.41) is 0. The molecule has 0 aromatic rings. The van der Waals surface area contributed by atoms with Gasteiger partial charge in [0.1, 0.15) is 0 Å². The van der Waals surface area contributed by atoms with Crippen LogP contribution in [0.25, 0.3) is 0 Å². The minimum atomic E-state index is 0. The third-order valence-corrected chi connectivity index (χ3v) is 2.91. The second kappa shape index (κ2) is 28.5. The van der Waals surface area contributed by atoms with Gasteiger partial charge in [-0.2, -0.15) is 0 Å². The zero-order valence-corrected chi connectivity index (χ0v) is 14.8. The topological polar surface area (TPSA) is 68.3 Å². The van der Waals surface area contributed by atoms with Crippen LogP contribution in [0.15, 0.2) is 47.6 Å². The van der Waals surface area contributed by atoms with Crippen LogP contribution in [0.2, 0.25) is 0 Å². The maximum atomic E-state index is 7.50. The Hall–Kier alpha value is -1.67. The van der Waals surface area contributed by atoms with E-state index in [-0.39, 0.29) is 21.1 Å². The third kappa shape index (κ3) is 16.5. The Balaban J connectivity index is -0.000000176. The van der Waals surface area contributed by atoms with Crippen molar-refractivity contribution < 1.29 is 40.2 Å². The van der Waals surface area contributed by atoms with Crippen LogP contribution in [-0.4, -0.2) is 27.2 Å². The van der Waals surface area contributed by atoms with Gasteiger partial charge in [0.15, 0.2) is 0 Å². The van der Waals surface area contributed by atoms with Gasteiger partial charge in [-0.05, 0) is 49.7 Å². The number of hydrogen-bond acceptors (Lipinski definition) is 4. The molecule has 0 aromatic carbocycles. The predicted octanol–water partition coefficient (Wildman–Crippen LogP) is 2.73. The summed E-state index contributed by atoms with van der Waals surface area (Å²) in [6.45, 7) is 18.0. The normalized spacial score (nSPS) is 14.3. The third-order valence-electron chi connectivity index (χ3n) is 2.91. The standard InChI is InChI=1S/C14H18.4CO.Mo/c1-2-6-10-13(9-5-1)14-11-7-3-4-8-12-14;4*1-2;/h1,3,5,7,9,11H,2,4,6,8,10,12H2;;;;;. The Labute approximate surface area is 153 Å². The minimum absolute atomic E-state index is 0. The van der Waals surface area contributed by atoms with Crippen molar-refractivity contribution in [1.29, 1.82) is 0 Å². The molecule has 0 aromatic heterocycles. The molecule has 0 atom stereocenters. The van der Waals surface area contributed by atoms with Crippen molar-refractivity contribution in [3.63, 3.8) is 0 Å². The molecule has 0 heterocycles. The van der Waals surface area contributed by atoms with Crippen molar-refractivity contribution in [3.05, 3.63) is 47.6 Å².